The minimum Gasteiger partial charge on any atom is -0.354 e. The van der Waals surface area contributed by atoms with Crippen LogP contribution in [0.1, 0.15) is 31.7 Å². The molecule has 1 aromatic carbocycles. The fraction of sp³-hybridized carbons (Fsp3) is 0.368. The SMILES string of the molecule is CCc1ccc(-c2c[nH]c3nc(NCCCCC(F)(F)F)ncc23)cc1. The molecule has 0 amide bonds. The molecule has 2 N–H and O–H groups in total. The lowest BCUT2D eigenvalue weighted by atomic mass is 10.0. The Morgan fingerprint density at radius 1 is 1.12 bits per heavy atom. The summed E-state index contributed by atoms with van der Waals surface area (Å²) in [5.41, 5.74) is 4.10. The molecule has 0 aliphatic rings. The Kier molecular flexibility index (Phi) is 5.44. The fourth-order valence-electron chi connectivity index (χ4n) is 2.80. The van der Waals surface area contributed by atoms with Crippen LogP contribution in [0.25, 0.3) is 22.2 Å². The van der Waals surface area contributed by atoms with Gasteiger partial charge in [-0.2, -0.15) is 18.2 Å². The Labute approximate surface area is 149 Å². The minimum absolute atomic E-state index is 0.0964. The normalized spacial score (nSPS) is 11.8. The van der Waals surface area contributed by atoms with Crippen LogP contribution in [0.4, 0.5) is 19.1 Å². The van der Waals surface area contributed by atoms with Crippen LogP contribution in [-0.4, -0.2) is 27.7 Å². The molecular weight excluding hydrogens is 341 g/mol. The van der Waals surface area contributed by atoms with Gasteiger partial charge < -0.3 is 10.3 Å². The first-order chi connectivity index (χ1) is 12.5. The zero-order chi connectivity index (χ0) is 18.6. The van der Waals surface area contributed by atoms with Crippen molar-refractivity contribution in [2.75, 3.05) is 11.9 Å². The molecule has 138 valence electrons. The summed E-state index contributed by atoms with van der Waals surface area (Å²) in [7, 11) is 0. The van der Waals surface area contributed by atoms with Gasteiger partial charge in [-0.3, -0.25) is 0 Å². The smallest absolute Gasteiger partial charge is 0.354 e. The third-order valence-corrected chi connectivity index (χ3v) is 4.28. The second kappa shape index (κ2) is 7.76. The lowest BCUT2D eigenvalue weighted by Gasteiger charge is -2.07. The van der Waals surface area contributed by atoms with Crippen molar-refractivity contribution in [3.8, 4) is 11.1 Å². The van der Waals surface area contributed by atoms with Gasteiger partial charge in [0.05, 0.1) is 0 Å². The Balaban J connectivity index is 1.65. The average Bonchev–Trinajstić information content (AvgIpc) is 3.04. The van der Waals surface area contributed by atoms with E-state index in [-0.39, 0.29) is 6.42 Å². The molecule has 0 saturated heterocycles. The number of nitrogens with zero attached hydrogens (tertiary/aromatic N) is 2. The molecule has 4 nitrogen and oxygen atoms in total. The maximum Gasteiger partial charge on any atom is 0.389 e. The number of H-pyrrole nitrogens is 1. The Hall–Kier alpha value is -2.57. The van der Waals surface area contributed by atoms with E-state index in [1.165, 1.54) is 5.56 Å². The fourth-order valence-corrected chi connectivity index (χ4v) is 2.80. The molecule has 0 unspecified atom stereocenters. The molecule has 0 atom stereocenters. The number of unbranched alkanes of at least 4 members (excludes halogenated alkanes) is 1. The van der Waals surface area contributed by atoms with Crippen molar-refractivity contribution < 1.29 is 13.2 Å². The second-order valence-corrected chi connectivity index (χ2v) is 6.21. The first-order valence-electron chi connectivity index (χ1n) is 8.70. The molecule has 0 aliphatic carbocycles. The zero-order valence-corrected chi connectivity index (χ0v) is 14.5. The summed E-state index contributed by atoms with van der Waals surface area (Å²) in [5, 5.41) is 3.89. The molecule has 3 rings (SSSR count). The number of aromatic amines is 1. The van der Waals surface area contributed by atoms with Crippen LogP contribution in [0.15, 0.2) is 36.7 Å². The maximum atomic E-state index is 12.1. The molecule has 0 saturated carbocycles. The van der Waals surface area contributed by atoms with E-state index in [1.54, 1.807) is 6.20 Å². The summed E-state index contributed by atoms with van der Waals surface area (Å²) in [6.07, 6.45) is 0.291. The van der Waals surface area contributed by atoms with Crippen LogP contribution in [0.5, 0.6) is 0 Å². The van der Waals surface area contributed by atoms with Crippen molar-refractivity contribution in [3.05, 3.63) is 42.2 Å². The highest BCUT2D eigenvalue weighted by Gasteiger charge is 2.25. The van der Waals surface area contributed by atoms with E-state index in [9.17, 15) is 13.2 Å². The van der Waals surface area contributed by atoms with Crippen molar-refractivity contribution in [2.24, 2.45) is 0 Å². The minimum atomic E-state index is -4.09. The van der Waals surface area contributed by atoms with Gasteiger partial charge in [0.25, 0.3) is 0 Å². The summed E-state index contributed by atoms with van der Waals surface area (Å²) in [6.45, 7) is 2.53. The molecule has 3 aromatic rings. The molecule has 26 heavy (non-hydrogen) atoms. The van der Waals surface area contributed by atoms with E-state index in [1.807, 2.05) is 6.20 Å². The van der Waals surface area contributed by atoms with Gasteiger partial charge in [-0.15, -0.1) is 0 Å². The Morgan fingerprint density at radius 2 is 1.88 bits per heavy atom. The molecule has 0 spiro atoms. The van der Waals surface area contributed by atoms with Gasteiger partial charge in [0, 0.05) is 36.3 Å². The van der Waals surface area contributed by atoms with E-state index < -0.39 is 12.6 Å². The van der Waals surface area contributed by atoms with Crippen LogP contribution in [-0.2, 0) is 6.42 Å². The lowest BCUT2D eigenvalue weighted by molar-refractivity contribution is -0.135. The van der Waals surface area contributed by atoms with Crippen molar-refractivity contribution in [1.29, 1.82) is 0 Å². The number of nitrogens with one attached hydrogen (secondary N) is 2. The first kappa shape index (κ1) is 18.2. The number of hydrogen-bond acceptors (Lipinski definition) is 3. The van der Waals surface area contributed by atoms with Crippen LogP contribution in [0, 0.1) is 0 Å². The van der Waals surface area contributed by atoms with Crippen LogP contribution in [0.3, 0.4) is 0 Å². The average molecular weight is 362 g/mol. The molecule has 0 fully saturated rings. The predicted octanol–water partition coefficient (Wildman–Crippen LogP) is 5.33. The van der Waals surface area contributed by atoms with Crippen molar-refractivity contribution >= 4 is 17.0 Å². The number of hydrogen-bond donors (Lipinski definition) is 2. The van der Waals surface area contributed by atoms with Gasteiger partial charge in [0.2, 0.25) is 5.95 Å². The molecule has 2 heterocycles. The van der Waals surface area contributed by atoms with Crippen molar-refractivity contribution in [3.63, 3.8) is 0 Å². The number of rotatable bonds is 7. The van der Waals surface area contributed by atoms with E-state index in [2.05, 4.69) is 51.5 Å². The van der Waals surface area contributed by atoms with Crippen LogP contribution < -0.4 is 5.32 Å². The number of halogens is 3. The highest BCUT2D eigenvalue weighted by Crippen LogP contribution is 2.28. The number of fused-ring (bicyclic) bond motifs is 1. The Morgan fingerprint density at radius 3 is 2.58 bits per heavy atom. The summed E-state index contributed by atoms with van der Waals surface area (Å²) in [5.74, 6) is 0.416. The number of aromatic nitrogens is 3. The third kappa shape index (κ3) is 4.53. The molecule has 0 aliphatic heterocycles. The predicted molar refractivity (Wildman–Crippen MR) is 97.1 cm³/mol. The second-order valence-electron chi connectivity index (χ2n) is 6.21. The molecule has 0 radical (unpaired) electrons. The summed E-state index contributed by atoms with van der Waals surface area (Å²) in [4.78, 5) is 11.8. The van der Waals surface area contributed by atoms with Crippen LogP contribution in [0.2, 0.25) is 0 Å². The highest BCUT2D eigenvalue weighted by atomic mass is 19.4. The van der Waals surface area contributed by atoms with E-state index in [0.717, 1.165) is 22.9 Å². The molecule has 0 bridgehead atoms. The van der Waals surface area contributed by atoms with Gasteiger partial charge in [0.1, 0.15) is 5.65 Å². The Bertz CT molecular complexity index is 853. The summed E-state index contributed by atoms with van der Waals surface area (Å²) < 4.78 is 36.3. The van der Waals surface area contributed by atoms with Gasteiger partial charge in [0.15, 0.2) is 0 Å². The van der Waals surface area contributed by atoms with Crippen molar-refractivity contribution in [1.82, 2.24) is 15.0 Å². The zero-order valence-electron chi connectivity index (χ0n) is 14.5. The number of benzene rings is 1. The number of aryl methyl sites for hydroxylation is 1. The molecular formula is C19H21F3N4. The topological polar surface area (TPSA) is 53.6 Å². The first-order valence-corrected chi connectivity index (χ1v) is 8.70. The molecule has 2 aromatic heterocycles. The third-order valence-electron chi connectivity index (χ3n) is 4.28. The van der Waals surface area contributed by atoms with Crippen molar-refractivity contribution in [2.45, 2.75) is 38.8 Å². The standard InChI is InChI=1S/C19H21F3N4/c1-2-13-5-7-14(8-6-13)15-11-24-17-16(15)12-25-18(26-17)23-10-4-3-9-19(20,21)22/h5-8,11-12H,2-4,9-10H2,1H3,(H2,23,24,25,26). The maximum absolute atomic E-state index is 12.1. The van der Waals surface area contributed by atoms with Gasteiger partial charge >= 0.3 is 6.18 Å². The van der Waals surface area contributed by atoms with E-state index in [4.69, 9.17) is 0 Å². The number of alkyl halides is 3. The van der Waals surface area contributed by atoms with E-state index in [0.29, 0.717) is 24.6 Å². The monoisotopic (exact) mass is 362 g/mol. The summed E-state index contributed by atoms with van der Waals surface area (Å²) in [6, 6.07) is 8.36. The van der Waals surface area contributed by atoms with E-state index >= 15 is 0 Å². The quantitative estimate of drug-likeness (QED) is 0.559. The molecule has 7 heteroatoms. The highest BCUT2D eigenvalue weighted by molar-refractivity contribution is 5.93. The lowest BCUT2D eigenvalue weighted by Crippen LogP contribution is -2.09. The summed E-state index contributed by atoms with van der Waals surface area (Å²) >= 11 is 0. The van der Waals surface area contributed by atoms with Gasteiger partial charge in [-0.1, -0.05) is 31.2 Å². The number of anilines is 1. The largest absolute Gasteiger partial charge is 0.389 e. The van der Waals surface area contributed by atoms with Crippen LogP contribution >= 0.6 is 0 Å². The van der Waals surface area contributed by atoms with Gasteiger partial charge in [-0.25, -0.2) is 4.98 Å². The van der Waals surface area contributed by atoms with Gasteiger partial charge in [-0.05, 0) is 30.4 Å².